The second kappa shape index (κ2) is 4.91. The van der Waals surface area contributed by atoms with Gasteiger partial charge in [-0.2, -0.15) is 8.42 Å². The van der Waals surface area contributed by atoms with E-state index in [9.17, 15) is 18.0 Å². The Hall–Kier alpha value is -1.96. The van der Waals surface area contributed by atoms with Gasteiger partial charge in [0.25, 0.3) is 15.9 Å². The van der Waals surface area contributed by atoms with E-state index in [1.165, 1.54) is 37.3 Å². The van der Waals surface area contributed by atoms with Gasteiger partial charge in [-0.15, -0.1) is 0 Å². The first kappa shape index (κ1) is 13.1. The zero-order valence-electron chi connectivity index (χ0n) is 9.25. The predicted molar refractivity (Wildman–Crippen MR) is 58.6 cm³/mol. The molecule has 2 amide bonds. The monoisotopic (exact) mass is 257 g/mol. The van der Waals surface area contributed by atoms with Gasteiger partial charge in [0.05, 0.1) is 5.56 Å². The van der Waals surface area contributed by atoms with Crippen molar-refractivity contribution in [2.24, 2.45) is 0 Å². The summed E-state index contributed by atoms with van der Waals surface area (Å²) < 4.78 is 24.8. The van der Waals surface area contributed by atoms with Gasteiger partial charge in [0, 0.05) is 20.3 Å². The van der Waals surface area contributed by atoms with Gasteiger partial charge in [-0.25, -0.2) is 4.98 Å². The van der Waals surface area contributed by atoms with Crippen LogP contribution in [-0.2, 0) is 14.8 Å². The summed E-state index contributed by atoms with van der Waals surface area (Å²) in [7, 11) is -1.13. The molecule has 8 heteroatoms. The van der Waals surface area contributed by atoms with Gasteiger partial charge in [0.15, 0.2) is 5.03 Å². The molecule has 0 spiro atoms. The number of carbonyl (C=O) groups is 2. The molecule has 0 aromatic carbocycles. The third-order valence-corrected chi connectivity index (χ3v) is 3.11. The fourth-order valence-corrected chi connectivity index (χ4v) is 2.01. The molecule has 0 saturated carbocycles. The molecule has 0 atom stereocenters. The van der Waals surface area contributed by atoms with Crippen molar-refractivity contribution < 1.29 is 18.0 Å². The molecule has 1 N–H and O–H groups in total. The summed E-state index contributed by atoms with van der Waals surface area (Å²) in [6.45, 7) is 0. The highest BCUT2D eigenvalue weighted by Crippen LogP contribution is 2.13. The molecule has 1 aromatic rings. The third-order valence-electron chi connectivity index (χ3n) is 1.87. The van der Waals surface area contributed by atoms with Crippen LogP contribution in [-0.4, -0.2) is 44.7 Å². The molecule has 0 saturated heterocycles. The first-order valence-corrected chi connectivity index (χ1v) is 6.01. The number of amides is 2. The molecule has 0 bridgehead atoms. The third kappa shape index (κ3) is 2.78. The SMILES string of the molecule is CN(C)C(=O)c1cccnc1S(=O)(=O)NC=O. The lowest BCUT2D eigenvalue weighted by Crippen LogP contribution is -2.29. The van der Waals surface area contributed by atoms with E-state index in [4.69, 9.17) is 0 Å². The van der Waals surface area contributed by atoms with Crippen LogP contribution < -0.4 is 4.72 Å². The second-order valence-corrected chi connectivity index (χ2v) is 4.92. The number of hydrogen-bond donors (Lipinski definition) is 1. The molecule has 1 heterocycles. The van der Waals surface area contributed by atoms with Crippen molar-refractivity contribution in [2.45, 2.75) is 5.03 Å². The molecular formula is C9H11N3O4S. The number of pyridine rings is 1. The highest BCUT2D eigenvalue weighted by Gasteiger charge is 2.24. The van der Waals surface area contributed by atoms with Gasteiger partial charge in [0.2, 0.25) is 6.41 Å². The van der Waals surface area contributed by atoms with E-state index >= 15 is 0 Å². The molecule has 1 rings (SSSR count). The average Bonchev–Trinajstić information content (AvgIpc) is 2.28. The Morgan fingerprint density at radius 2 is 2.12 bits per heavy atom. The van der Waals surface area contributed by atoms with Crippen LogP contribution in [0.5, 0.6) is 0 Å². The van der Waals surface area contributed by atoms with Gasteiger partial charge in [0.1, 0.15) is 0 Å². The topological polar surface area (TPSA) is 96.4 Å². The molecule has 92 valence electrons. The number of rotatable bonds is 4. The molecule has 0 aliphatic rings. The highest BCUT2D eigenvalue weighted by atomic mass is 32.2. The van der Waals surface area contributed by atoms with Gasteiger partial charge in [-0.1, -0.05) is 0 Å². The normalized spacial score (nSPS) is 10.7. The predicted octanol–water partition coefficient (Wildman–Crippen LogP) is -0.782. The Labute approximate surface area is 98.5 Å². The van der Waals surface area contributed by atoms with Crippen LogP contribution in [0.25, 0.3) is 0 Å². The highest BCUT2D eigenvalue weighted by molar-refractivity contribution is 7.90. The van der Waals surface area contributed by atoms with Crippen molar-refractivity contribution in [1.82, 2.24) is 14.6 Å². The molecule has 0 fully saturated rings. The number of carbonyl (C=O) groups excluding carboxylic acids is 2. The number of nitrogens with zero attached hydrogens (tertiary/aromatic N) is 2. The van der Waals surface area contributed by atoms with Crippen LogP contribution in [0.1, 0.15) is 10.4 Å². The van der Waals surface area contributed by atoms with Crippen LogP contribution in [0.3, 0.4) is 0 Å². The van der Waals surface area contributed by atoms with Gasteiger partial charge in [-0.05, 0) is 12.1 Å². The Kier molecular flexibility index (Phi) is 3.79. The zero-order chi connectivity index (χ0) is 13.1. The van der Waals surface area contributed by atoms with E-state index in [1.807, 2.05) is 0 Å². The maximum absolute atomic E-state index is 11.7. The number of aromatic nitrogens is 1. The van der Waals surface area contributed by atoms with E-state index < -0.39 is 21.0 Å². The first-order chi connectivity index (χ1) is 7.90. The summed E-state index contributed by atoms with van der Waals surface area (Å²) in [5.74, 6) is -0.510. The summed E-state index contributed by atoms with van der Waals surface area (Å²) in [5, 5.41) is -0.467. The number of hydrogen-bond acceptors (Lipinski definition) is 5. The van der Waals surface area contributed by atoms with Crippen molar-refractivity contribution in [3.05, 3.63) is 23.9 Å². The van der Waals surface area contributed by atoms with Crippen LogP contribution in [0.15, 0.2) is 23.4 Å². The van der Waals surface area contributed by atoms with E-state index in [1.54, 1.807) is 4.72 Å². The lowest BCUT2D eigenvalue weighted by Gasteiger charge is -2.12. The van der Waals surface area contributed by atoms with Crippen molar-refractivity contribution in [2.75, 3.05) is 14.1 Å². The van der Waals surface area contributed by atoms with Crippen molar-refractivity contribution >= 4 is 22.3 Å². The second-order valence-electron chi connectivity index (χ2n) is 3.29. The van der Waals surface area contributed by atoms with Crippen LogP contribution >= 0.6 is 0 Å². The van der Waals surface area contributed by atoms with Gasteiger partial charge in [-0.3, -0.25) is 14.3 Å². The maximum Gasteiger partial charge on any atom is 0.282 e. The minimum absolute atomic E-state index is 0.0218. The molecule has 17 heavy (non-hydrogen) atoms. The maximum atomic E-state index is 11.7. The molecule has 0 radical (unpaired) electrons. The van der Waals surface area contributed by atoms with Crippen molar-refractivity contribution in [3.63, 3.8) is 0 Å². The van der Waals surface area contributed by atoms with E-state index in [-0.39, 0.29) is 12.0 Å². The Bertz CT molecular complexity index is 539. The van der Waals surface area contributed by atoms with E-state index in [0.29, 0.717) is 0 Å². The summed E-state index contributed by atoms with van der Waals surface area (Å²) in [5.41, 5.74) is -0.0909. The molecular weight excluding hydrogens is 246 g/mol. The van der Waals surface area contributed by atoms with Crippen LogP contribution in [0.2, 0.25) is 0 Å². The Morgan fingerprint density at radius 1 is 1.47 bits per heavy atom. The minimum atomic E-state index is -4.10. The standard InChI is InChI=1S/C9H11N3O4S/c1-12(2)9(14)7-4-3-5-10-8(7)17(15,16)11-6-13/h3-6H,1-2H3,(H,11,13). The lowest BCUT2D eigenvalue weighted by atomic mass is 10.2. The number of sulfonamides is 1. The van der Waals surface area contributed by atoms with E-state index in [0.717, 1.165) is 0 Å². The largest absolute Gasteiger partial charge is 0.345 e. The summed E-state index contributed by atoms with van der Waals surface area (Å²) in [4.78, 5) is 26.8. The zero-order valence-corrected chi connectivity index (χ0v) is 10.1. The molecule has 0 aliphatic carbocycles. The fourth-order valence-electron chi connectivity index (χ4n) is 1.13. The lowest BCUT2D eigenvalue weighted by molar-refractivity contribution is -0.108. The first-order valence-electron chi connectivity index (χ1n) is 4.53. The fraction of sp³-hybridized carbons (Fsp3) is 0.222. The molecule has 0 unspecified atom stereocenters. The van der Waals surface area contributed by atoms with Crippen LogP contribution in [0, 0.1) is 0 Å². The van der Waals surface area contributed by atoms with Crippen molar-refractivity contribution in [3.8, 4) is 0 Å². The molecule has 1 aromatic heterocycles. The summed E-state index contributed by atoms with van der Waals surface area (Å²) in [6.07, 6.45) is 1.25. The van der Waals surface area contributed by atoms with E-state index in [2.05, 4.69) is 4.98 Å². The molecule has 7 nitrogen and oxygen atoms in total. The van der Waals surface area contributed by atoms with Crippen LogP contribution in [0.4, 0.5) is 0 Å². The Morgan fingerprint density at radius 3 is 2.65 bits per heavy atom. The Balaban J connectivity index is 3.36. The number of nitrogens with one attached hydrogen (secondary N) is 1. The summed E-state index contributed by atoms with van der Waals surface area (Å²) >= 11 is 0. The summed E-state index contributed by atoms with van der Waals surface area (Å²) in [6, 6.07) is 2.77. The smallest absolute Gasteiger partial charge is 0.282 e. The minimum Gasteiger partial charge on any atom is -0.345 e. The average molecular weight is 257 g/mol. The van der Waals surface area contributed by atoms with Gasteiger partial charge < -0.3 is 4.90 Å². The quantitative estimate of drug-likeness (QED) is 0.714. The molecule has 0 aliphatic heterocycles. The van der Waals surface area contributed by atoms with Gasteiger partial charge >= 0.3 is 0 Å². The van der Waals surface area contributed by atoms with Crippen molar-refractivity contribution in [1.29, 1.82) is 0 Å².